The third-order valence-corrected chi connectivity index (χ3v) is 5.44. The molecule has 1 aliphatic rings. The van der Waals surface area contributed by atoms with E-state index in [-0.39, 0.29) is 5.91 Å². The van der Waals surface area contributed by atoms with Gasteiger partial charge in [0.1, 0.15) is 5.82 Å². The number of benzene rings is 1. The minimum Gasteiger partial charge on any atom is -0.353 e. The number of pyridine rings is 1. The minimum atomic E-state index is -0.00801. The molecule has 0 atom stereocenters. The highest BCUT2D eigenvalue weighted by Gasteiger charge is 2.25. The van der Waals surface area contributed by atoms with E-state index in [1.165, 1.54) is 11.1 Å². The molecule has 3 aromatic rings. The predicted molar refractivity (Wildman–Crippen MR) is 110 cm³/mol. The smallest absolute Gasteiger partial charge is 0.274 e. The summed E-state index contributed by atoms with van der Waals surface area (Å²) < 4.78 is 1.79. The molecule has 3 heterocycles. The molecule has 6 heteroatoms. The summed E-state index contributed by atoms with van der Waals surface area (Å²) in [6, 6.07) is 14.1. The Kier molecular flexibility index (Phi) is 4.86. The predicted octanol–water partition coefficient (Wildman–Crippen LogP) is 3.06. The molecule has 0 aliphatic carbocycles. The number of piperazine rings is 1. The summed E-state index contributed by atoms with van der Waals surface area (Å²) in [7, 11) is 1.89. The standard InChI is InChI=1S/C22H25N5O/c1-16-7-8-18(14-17(16)2)20-15-19(24-25(20)3)22(28)27-12-10-26(11-13-27)21-6-4-5-9-23-21/h4-9,14-15H,10-13H2,1-3H3. The van der Waals surface area contributed by atoms with Crippen molar-refractivity contribution >= 4 is 11.7 Å². The van der Waals surface area contributed by atoms with E-state index in [4.69, 9.17) is 0 Å². The first-order valence-electron chi connectivity index (χ1n) is 9.60. The molecule has 1 aromatic carbocycles. The fourth-order valence-corrected chi connectivity index (χ4v) is 3.58. The van der Waals surface area contributed by atoms with E-state index in [9.17, 15) is 4.79 Å². The van der Waals surface area contributed by atoms with Crippen LogP contribution in [0, 0.1) is 13.8 Å². The van der Waals surface area contributed by atoms with Gasteiger partial charge in [-0.05, 0) is 49.2 Å². The van der Waals surface area contributed by atoms with Gasteiger partial charge in [0, 0.05) is 45.0 Å². The zero-order valence-electron chi connectivity index (χ0n) is 16.6. The second kappa shape index (κ2) is 7.46. The summed E-state index contributed by atoms with van der Waals surface area (Å²) in [5, 5.41) is 4.49. The molecular formula is C22H25N5O. The average molecular weight is 375 g/mol. The first-order valence-corrected chi connectivity index (χ1v) is 9.60. The number of aryl methyl sites for hydroxylation is 3. The Morgan fingerprint density at radius 2 is 1.75 bits per heavy atom. The minimum absolute atomic E-state index is 0.00801. The van der Waals surface area contributed by atoms with Gasteiger partial charge in [-0.3, -0.25) is 9.48 Å². The maximum atomic E-state index is 13.0. The van der Waals surface area contributed by atoms with Crippen molar-refractivity contribution in [2.75, 3.05) is 31.1 Å². The molecule has 144 valence electrons. The number of hydrogen-bond acceptors (Lipinski definition) is 4. The zero-order valence-corrected chi connectivity index (χ0v) is 16.6. The van der Waals surface area contributed by atoms with E-state index >= 15 is 0 Å². The summed E-state index contributed by atoms with van der Waals surface area (Å²) in [5.74, 6) is 0.954. The van der Waals surface area contributed by atoms with Gasteiger partial charge in [0.15, 0.2) is 5.69 Å². The van der Waals surface area contributed by atoms with E-state index in [1.54, 1.807) is 10.9 Å². The summed E-state index contributed by atoms with van der Waals surface area (Å²) in [4.78, 5) is 21.5. The van der Waals surface area contributed by atoms with E-state index in [2.05, 4.69) is 47.0 Å². The Morgan fingerprint density at radius 1 is 0.964 bits per heavy atom. The highest BCUT2D eigenvalue weighted by Crippen LogP contribution is 2.23. The van der Waals surface area contributed by atoms with Crippen LogP contribution in [-0.2, 0) is 7.05 Å². The molecular weight excluding hydrogens is 350 g/mol. The van der Waals surface area contributed by atoms with Crippen LogP contribution in [-0.4, -0.2) is 51.8 Å². The summed E-state index contributed by atoms with van der Waals surface area (Å²) in [6.45, 7) is 7.10. The van der Waals surface area contributed by atoms with Gasteiger partial charge in [-0.15, -0.1) is 0 Å². The van der Waals surface area contributed by atoms with Crippen molar-refractivity contribution in [1.29, 1.82) is 0 Å². The lowest BCUT2D eigenvalue weighted by atomic mass is 10.0. The van der Waals surface area contributed by atoms with Gasteiger partial charge in [0.2, 0.25) is 0 Å². The van der Waals surface area contributed by atoms with E-state index in [0.717, 1.165) is 30.2 Å². The number of rotatable bonds is 3. The Hall–Kier alpha value is -3.15. The van der Waals surface area contributed by atoms with Crippen molar-refractivity contribution in [2.45, 2.75) is 13.8 Å². The Bertz CT molecular complexity index is 987. The van der Waals surface area contributed by atoms with Crippen LogP contribution in [0.15, 0.2) is 48.7 Å². The van der Waals surface area contributed by atoms with E-state index in [0.29, 0.717) is 18.8 Å². The second-order valence-electron chi connectivity index (χ2n) is 7.30. The van der Waals surface area contributed by atoms with Gasteiger partial charge < -0.3 is 9.80 Å². The molecule has 1 amide bonds. The van der Waals surface area contributed by atoms with Crippen molar-refractivity contribution in [3.8, 4) is 11.3 Å². The van der Waals surface area contributed by atoms with Crippen LogP contribution in [0.3, 0.4) is 0 Å². The molecule has 0 N–H and O–H groups in total. The highest BCUT2D eigenvalue weighted by molar-refractivity contribution is 5.93. The maximum absolute atomic E-state index is 13.0. The lowest BCUT2D eigenvalue weighted by molar-refractivity contribution is 0.0740. The molecule has 1 fully saturated rings. The first kappa shape index (κ1) is 18.2. The maximum Gasteiger partial charge on any atom is 0.274 e. The summed E-state index contributed by atoms with van der Waals surface area (Å²) in [5.41, 5.74) is 5.03. The average Bonchev–Trinajstić information content (AvgIpc) is 3.12. The van der Waals surface area contributed by atoms with E-state index in [1.807, 2.05) is 36.2 Å². The molecule has 0 saturated carbocycles. The normalized spacial score (nSPS) is 14.4. The molecule has 4 rings (SSSR count). The van der Waals surface area contributed by atoms with Crippen LogP contribution in [0.4, 0.5) is 5.82 Å². The van der Waals surface area contributed by atoms with Gasteiger partial charge in [-0.2, -0.15) is 5.10 Å². The Morgan fingerprint density at radius 3 is 2.43 bits per heavy atom. The molecule has 28 heavy (non-hydrogen) atoms. The quantitative estimate of drug-likeness (QED) is 0.706. The van der Waals surface area contributed by atoms with Crippen molar-refractivity contribution in [3.05, 3.63) is 65.5 Å². The fraction of sp³-hybridized carbons (Fsp3) is 0.318. The number of nitrogens with zero attached hydrogens (tertiary/aromatic N) is 5. The third-order valence-electron chi connectivity index (χ3n) is 5.44. The summed E-state index contributed by atoms with van der Waals surface area (Å²) >= 11 is 0. The topological polar surface area (TPSA) is 54.3 Å². The van der Waals surface area contributed by atoms with Gasteiger partial charge in [-0.1, -0.05) is 18.2 Å². The molecule has 1 aliphatic heterocycles. The summed E-state index contributed by atoms with van der Waals surface area (Å²) in [6.07, 6.45) is 1.80. The van der Waals surface area contributed by atoms with Gasteiger partial charge in [0.05, 0.1) is 5.69 Å². The van der Waals surface area contributed by atoms with Crippen LogP contribution in [0.5, 0.6) is 0 Å². The highest BCUT2D eigenvalue weighted by atomic mass is 16.2. The van der Waals surface area contributed by atoms with Crippen molar-refractivity contribution in [1.82, 2.24) is 19.7 Å². The molecule has 0 unspecified atom stereocenters. The lowest BCUT2D eigenvalue weighted by Gasteiger charge is -2.35. The number of amides is 1. The first-order chi connectivity index (χ1) is 13.5. The van der Waals surface area contributed by atoms with Gasteiger partial charge in [0.25, 0.3) is 5.91 Å². The molecule has 2 aromatic heterocycles. The van der Waals surface area contributed by atoms with Gasteiger partial charge in [-0.25, -0.2) is 4.98 Å². The lowest BCUT2D eigenvalue weighted by Crippen LogP contribution is -2.49. The SMILES string of the molecule is Cc1ccc(-c2cc(C(=O)N3CCN(c4ccccn4)CC3)nn2C)cc1C. The van der Waals surface area contributed by atoms with Crippen LogP contribution in [0.25, 0.3) is 11.3 Å². The fourth-order valence-electron chi connectivity index (χ4n) is 3.58. The van der Waals surface area contributed by atoms with E-state index < -0.39 is 0 Å². The molecule has 6 nitrogen and oxygen atoms in total. The molecule has 0 bridgehead atoms. The van der Waals surface area contributed by atoms with Gasteiger partial charge >= 0.3 is 0 Å². The number of carbonyl (C=O) groups is 1. The number of aromatic nitrogens is 3. The van der Waals surface area contributed by atoms with Crippen LogP contribution in [0.2, 0.25) is 0 Å². The van der Waals surface area contributed by atoms with Crippen molar-refractivity contribution in [2.24, 2.45) is 7.05 Å². The van der Waals surface area contributed by atoms with Crippen LogP contribution >= 0.6 is 0 Å². The zero-order chi connectivity index (χ0) is 19.7. The number of hydrogen-bond donors (Lipinski definition) is 0. The monoisotopic (exact) mass is 375 g/mol. The van der Waals surface area contributed by atoms with Crippen LogP contribution in [0.1, 0.15) is 21.6 Å². The van der Waals surface area contributed by atoms with Crippen molar-refractivity contribution in [3.63, 3.8) is 0 Å². The number of carbonyl (C=O) groups excluding carboxylic acids is 1. The molecule has 0 spiro atoms. The van der Waals surface area contributed by atoms with Crippen molar-refractivity contribution < 1.29 is 4.79 Å². The molecule has 1 saturated heterocycles. The number of anilines is 1. The largest absolute Gasteiger partial charge is 0.353 e. The Labute approximate surface area is 165 Å². The second-order valence-corrected chi connectivity index (χ2v) is 7.30. The third kappa shape index (κ3) is 3.50. The molecule has 0 radical (unpaired) electrons. The Balaban J connectivity index is 1.48. The van der Waals surface area contributed by atoms with Crippen LogP contribution < -0.4 is 4.90 Å².